The highest BCUT2D eigenvalue weighted by Crippen LogP contribution is 2.37. The highest BCUT2D eigenvalue weighted by atomic mass is 35.5. The third-order valence-electron chi connectivity index (χ3n) is 4.53. The van der Waals surface area contributed by atoms with Crippen molar-refractivity contribution in [3.8, 4) is 5.75 Å². The van der Waals surface area contributed by atoms with Crippen LogP contribution in [0.5, 0.6) is 5.75 Å². The fraction of sp³-hybridized carbons (Fsp3) is 0.350. The van der Waals surface area contributed by atoms with Crippen LogP contribution in [0.4, 0.5) is 5.69 Å². The van der Waals surface area contributed by atoms with Crippen LogP contribution in [-0.4, -0.2) is 26.4 Å². The third-order valence-corrected chi connectivity index (χ3v) is 5.14. The number of halogens is 2. The average molecular weight is 394 g/mol. The van der Waals surface area contributed by atoms with Crippen molar-refractivity contribution in [2.45, 2.75) is 19.3 Å². The molecule has 0 aromatic heterocycles. The number of benzene rings is 2. The maximum Gasteiger partial charge on any atom is 0.227 e. The smallest absolute Gasteiger partial charge is 0.227 e. The molecule has 3 rings (SSSR count). The number of ether oxygens (including phenoxy) is 2. The maximum absolute atomic E-state index is 12.5. The second-order valence-electron chi connectivity index (χ2n) is 6.34. The quantitative estimate of drug-likeness (QED) is 0.650. The minimum Gasteiger partial charge on any atom is -0.467 e. The van der Waals surface area contributed by atoms with Crippen LogP contribution in [0.1, 0.15) is 18.4 Å². The van der Waals surface area contributed by atoms with Gasteiger partial charge in [0.25, 0.3) is 0 Å². The van der Waals surface area contributed by atoms with E-state index in [1.54, 1.807) is 30.2 Å². The highest BCUT2D eigenvalue weighted by molar-refractivity contribution is 6.39. The molecule has 2 aromatic carbocycles. The number of rotatable bonds is 6. The Hall–Kier alpha value is -1.75. The molecule has 26 heavy (non-hydrogen) atoms. The number of hydrogen-bond donors (Lipinski definition) is 0. The predicted molar refractivity (Wildman–Crippen MR) is 104 cm³/mol. The number of anilines is 1. The number of carbonyl (C=O) groups excluding carboxylic acids is 1. The van der Waals surface area contributed by atoms with Gasteiger partial charge in [-0.1, -0.05) is 47.5 Å². The fourth-order valence-electron chi connectivity index (χ4n) is 3.29. The minimum atomic E-state index is 0.0557. The Morgan fingerprint density at radius 3 is 2.58 bits per heavy atom. The zero-order chi connectivity index (χ0) is 18.5. The van der Waals surface area contributed by atoms with Crippen LogP contribution in [0.15, 0.2) is 42.5 Å². The van der Waals surface area contributed by atoms with E-state index in [0.29, 0.717) is 34.6 Å². The lowest BCUT2D eigenvalue weighted by atomic mass is 9.90. The van der Waals surface area contributed by atoms with Crippen LogP contribution >= 0.6 is 23.2 Å². The molecule has 1 amide bonds. The topological polar surface area (TPSA) is 38.8 Å². The Morgan fingerprint density at radius 1 is 1.12 bits per heavy atom. The zero-order valence-electron chi connectivity index (χ0n) is 14.6. The molecular formula is C20H21Cl2NO3. The zero-order valence-corrected chi connectivity index (χ0v) is 16.1. The molecule has 1 unspecified atom stereocenters. The first-order chi connectivity index (χ1) is 12.6. The molecule has 1 fully saturated rings. The van der Waals surface area contributed by atoms with E-state index in [2.05, 4.69) is 0 Å². The van der Waals surface area contributed by atoms with Crippen molar-refractivity contribution < 1.29 is 14.3 Å². The Labute approximate surface area is 163 Å². The van der Waals surface area contributed by atoms with E-state index >= 15 is 0 Å². The van der Waals surface area contributed by atoms with Gasteiger partial charge in [0.15, 0.2) is 6.79 Å². The van der Waals surface area contributed by atoms with E-state index in [4.69, 9.17) is 32.7 Å². The van der Waals surface area contributed by atoms with Crippen LogP contribution in [-0.2, 0) is 16.0 Å². The maximum atomic E-state index is 12.5. The number of amides is 1. The van der Waals surface area contributed by atoms with Crippen LogP contribution in [0, 0.1) is 5.92 Å². The van der Waals surface area contributed by atoms with E-state index in [-0.39, 0.29) is 12.7 Å². The summed E-state index contributed by atoms with van der Waals surface area (Å²) < 4.78 is 10.7. The lowest BCUT2D eigenvalue weighted by molar-refractivity contribution is -0.120. The summed E-state index contributed by atoms with van der Waals surface area (Å²) in [6.07, 6.45) is 2.12. The summed E-state index contributed by atoms with van der Waals surface area (Å²) in [7, 11) is 1.60. The summed E-state index contributed by atoms with van der Waals surface area (Å²) in [4.78, 5) is 14.2. The fourth-order valence-corrected chi connectivity index (χ4v) is 3.89. The van der Waals surface area contributed by atoms with Crippen LogP contribution < -0.4 is 9.64 Å². The average Bonchev–Trinajstić information content (AvgIpc) is 2.63. The molecule has 1 atom stereocenters. The second-order valence-corrected chi connectivity index (χ2v) is 7.16. The van der Waals surface area contributed by atoms with Crippen molar-refractivity contribution in [1.29, 1.82) is 0 Å². The lowest BCUT2D eigenvalue weighted by Crippen LogP contribution is -2.41. The minimum absolute atomic E-state index is 0.0557. The lowest BCUT2D eigenvalue weighted by Gasteiger charge is -2.34. The second kappa shape index (κ2) is 8.76. The van der Waals surface area contributed by atoms with Crippen LogP contribution in [0.25, 0.3) is 0 Å². The monoisotopic (exact) mass is 393 g/mol. The molecular weight excluding hydrogens is 373 g/mol. The van der Waals surface area contributed by atoms with Crippen molar-refractivity contribution in [3.05, 3.63) is 58.1 Å². The van der Waals surface area contributed by atoms with E-state index in [0.717, 1.165) is 24.2 Å². The van der Waals surface area contributed by atoms with Gasteiger partial charge in [0.1, 0.15) is 5.75 Å². The number of carbonyl (C=O) groups is 1. The first-order valence-electron chi connectivity index (χ1n) is 8.54. The number of piperidine rings is 1. The molecule has 1 aliphatic heterocycles. The molecule has 1 saturated heterocycles. The van der Waals surface area contributed by atoms with E-state index < -0.39 is 0 Å². The molecule has 6 heteroatoms. The molecule has 0 bridgehead atoms. The van der Waals surface area contributed by atoms with E-state index in [1.807, 2.05) is 24.3 Å². The highest BCUT2D eigenvalue weighted by Gasteiger charge is 2.29. The van der Waals surface area contributed by atoms with Gasteiger partial charge in [-0.25, -0.2) is 0 Å². The van der Waals surface area contributed by atoms with Crippen molar-refractivity contribution in [2.75, 3.05) is 25.3 Å². The molecule has 2 aromatic rings. The molecule has 138 valence electrons. The van der Waals surface area contributed by atoms with E-state index in [1.165, 1.54) is 0 Å². The van der Waals surface area contributed by atoms with Gasteiger partial charge in [-0.05, 0) is 42.5 Å². The predicted octanol–water partition coefficient (Wildman–Crippen LogP) is 4.96. The van der Waals surface area contributed by atoms with Gasteiger partial charge in [0.05, 0.1) is 15.7 Å². The molecule has 0 saturated carbocycles. The first kappa shape index (κ1) is 19.0. The van der Waals surface area contributed by atoms with Gasteiger partial charge < -0.3 is 14.4 Å². The summed E-state index contributed by atoms with van der Waals surface area (Å²) in [6, 6.07) is 13.2. The first-order valence-corrected chi connectivity index (χ1v) is 9.29. The van der Waals surface area contributed by atoms with Gasteiger partial charge in [-0.2, -0.15) is 0 Å². The molecule has 4 nitrogen and oxygen atoms in total. The largest absolute Gasteiger partial charge is 0.467 e. The Morgan fingerprint density at radius 2 is 1.85 bits per heavy atom. The van der Waals surface area contributed by atoms with E-state index in [9.17, 15) is 4.79 Å². The molecule has 0 radical (unpaired) electrons. The van der Waals surface area contributed by atoms with Gasteiger partial charge >= 0.3 is 0 Å². The van der Waals surface area contributed by atoms with Crippen molar-refractivity contribution in [1.82, 2.24) is 0 Å². The number of methoxy groups -OCH3 is 1. The molecule has 0 N–H and O–H groups in total. The summed E-state index contributed by atoms with van der Waals surface area (Å²) >= 11 is 12.6. The molecule has 0 aliphatic carbocycles. The van der Waals surface area contributed by atoms with Crippen LogP contribution in [0.3, 0.4) is 0 Å². The molecule has 1 aliphatic rings. The number of para-hydroxylation sites is 2. The Bertz CT molecular complexity index is 761. The SMILES string of the molecule is COCOc1ccccc1CC1CCC(=O)N(c2c(Cl)cccc2Cl)C1. The van der Waals surface area contributed by atoms with Crippen LogP contribution in [0.2, 0.25) is 10.0 Å². The van der Waals surface area contributed by atoms with Crippen molar-refractivity contribution >= 4 is 34.8 Å². The van der Waals surface area contributed by atoms with Gasteiger partial charge in [-0.3, -0.25) is 4.79 Å². The van der Waals surface area contributed by atoms with Gasteiger partial charge in [0, 0.05) is 20.1 Å². The number of hydrogen-bond acceptors (Lipinski definition) is 3. The standard InChI is InChI=1S/C20H21Cl2NO3/c1-25-13-26-18-8-3-2-5-15(18)11-14-9-10-19(24)23(12-14)20-16(21)6-4-7-17(20)22/h2-8,14H,9-13H2,1H3. The Balaban J connectivity index is 1.78. The van der Waals surface area contributed by atoms with Gasteiger partial charge in [0.2, 0.25) is 5.91 Å². The van der Waals surface area contributed by atoms with Crippen molar-refractivity contribution in [3.63, 3.8) is 0 Å². The summed E-state index contributed by atoms with van der Waals surface area (Å²) in [6.45, 7) is 0.794. The normalized spacial score (nSPS) is 17.4. The molecule has 1 heterocycles. The third kappa shape index (κ3) is 4.32. The summed E-state index contributed by atoms with van der Waals surface area (Å²) in [5.74, 6) is 1.17. The molecule has 0 spiro atoms. The van der Waals surface area contributed by atoms with Gasteiger partial charge in [-0.15, -0.1) is 0 Å². The number of nitrogens with zero attached hydrogens (tertiary/aromatic N) is 1. The van der Waals surface area contributed by atoms with Crippen molar-refractivity contribution in [2.24, 2.45) is 5.92 Å². The summed E-state index contributed by atoms with van der Waals surface area (Å²) in [5.41, 5.74) is 1.71. The summed E-state index contributed by atoms with van der Waals surface area (Å²) in [5, 5.41) is 0.991. The Kier molecular flexibility index (Phi) is 6.41.